The number of anilines is 1. The van der Waals surface area contributed by atoms with E-state index >= 15 is 0 Å². The molecule has 1 aliphatic rings. The number of aliphatic imine (C=N–C) groups is 2. The molecule has 3 rings (SSSR count). The van der Waals surface area contributed by atoms with E-state index < -0.39 is 0 Å². The highest BCUT2D eigenvalue weighted by Crippen LogP contribution is 2.50. The van der Waals surface area contributed by atoms with Crippen molar-refractivity contribution < 1.29 is 0 Å². The summed E-state index contributed by atoms with van der Waals surface area (Å²) < 4.78 is 0. The molecule has 0 saturated heterocycles. The molecule has 2 atom stereocenters. The Morgan fingerprint density at radius 1 is 1.42 bits per heavy atom. The van der Waals surface area contributed by atoms with Crippen LogP contribution in [0.25, 0.3) is 11.3 Å². The maximum atomic E-state index is 7.05. The summed E-state index contributed by atoms with van der Waals surface area (Å²) in [5, 5.41) is 3.89. The number of fused-ring (bicyclic) bond motifs is 3. The minimum atomic E-state index is 0.118. The van der Waals surface area contributed by atoms with Crippen LogP contribution in [0.4, 0.5) is 11.5 Å². The van der Waals surface area contributed by atoms with Crippen LogP contribution in [-0.4, -0.2) is 49.1 Å². The molecule has 0 saturated carbocycles. The minimum Gasteiger partial charge on any atom is -0.384 e. The molecule has 1 heterocycles. The predicted molar refractivity (Wildman–Crippen MR) is 156 cm³/mol. The number of aromatic nitrogens is 1. The Hall–Kier alpha value is -2.96. The van der Waals surface area contributed by atoms with Gasteiger partial charge in [-0.15, -0.1) is 0 Å². The van der Waals surface area contributed by atoms with E-state index in [-0.39, 0.29) is 11.8 Å². The van der Waals surface area contributed by atoms with Gasteiger partial charge in [0, 0.05) is 43.2 Å². The maximum Gasteiger partial charge on any atom is 0.127 e. The van der Waals surface area contributed by atoms with Crippen molar-refractivity contribution in [1.29, 1.82) is 0 Å². The molecule has 1 aromatic carbocycles. The molecule has 6 nitrogen and oxygen atoms in total. The lowest BCUT2D eigenvalue weighted by molar-refractivity contribution is 0.337. The van der Waals surface area contributed by atoms with Gasteiger partial charge >= 0.3 is 0 Å². The quantitative estimate of drug-likeness (QED) is 0.221. The Labute approximate surface area is 221 Å². The third-order valence-corrected chi connectivity index (χ3v) is 7.26. The fraction of sp³-hybridized carbons (Fsp3) is 0.414. The minimum absolute atomic E-state index is 0.118. The number of benzene rings is 1. The molecule has 192 valence electrons. The highest BCUT2D eigenvalue weighted by molar-refractivity contribution is 6.34. The summed E-state index contributed by atoms with van der Waals surface area (Å²) in [5.74, 6) is 1.51. The van der Waals surface area contributed by atoms with E-state index in [1.54, 1.807) is 6.08 Å². The molecule has 3 N–H and O–H groups in total. The highest BCUT2D eigenvalue weighted by Gasteiger charge is 2.32. The lowest BCUT2D eigenvalue weighted by atomic mass is 9.77. The molecule has 2 unspecified atom stereocenters. The lowest BCUT2D eigenvalue weighted by Crippen LogP contribution is -2.32. The monoisotopic (exact) mass is 506 g/mol. The third kappa shape index (κ3) is 5.55. The van der Waals surface area contributed by atoms with E-state index in [2.05, 4.69) is 61.9 Å². The average Bonchev–Trinajstić information content (AvgIpc) is 2.85. The fourth-order valence-electron chi connectivity index (χ4n) is 5.01. The van der Waals surface area contributed by atoms with Crippen LogP contribution in [0.1, 0.15) is 61.3 Å². The van der Waals surface area contributed by atoms with Crippen molar-refractivity contribution in [2.45, 2.75) is 52.4 Å². The van der Waals surface area contributed by atoms with Crippen LogP contribution in [0, 0.1) is 6.92 Å². The summed E-state index contributed by atoms with van der Waals surface area (Å²) in [6, 6.07) is 3.98. The molecule has 2 aromatic rings. The third-order valence-electron chi connectivity index (χ3n) is 6.96. The van der Waals surface area contributed by atoms with Gasteiger partial charge in [-0.3, -0.25) is 0 Å². The number of nitrogens with zero attached hydrogens (tertiary/aromatic N) is 4. The number of pyridine rings is 1. The highest BCUT2D eigenvalue weighted by atomic mass is 35.5. The molecule has 36 heavy (non-hydrogen) atoms. The molecular formula is C29H39ClN6. The molecule has 0 aliphatic heterocycles. The molecule has 1 aliphatic carbocycles. The number of nitrogens with two attached hydrogens (primary N) is 1. The average molecular weight is 507 g/mol. The Kier molecular flexibility index (Phi) is 9.09. The van der Waals surface area contributed by atoms with Crippen LogP contribution < -0.4 is 11.1 Å². The zero-order valence-electron chi connectivity index (χ0n) is 22.3. The predicted octanol–water partition coefficient (Wildman–Crippen LogP) is 6.42. The number of nitrogen functional groups attached to an aromatic ring is 1. The maximum absolute atomic E-state index is 7.05. The van der Waals surface area contributed by atoms with Crippen molar-refractivity contribution in [3.05, 3.63) is 64.3 Å². The lowest BCUT2D eigenvalue weighted by Gasteiger charge is -2.32. The van der Waals surface area contributed by atoms with Crippen molar-refractivity contribution >= 4 is 35.7 Å². The number of nitrogens with one attached hydrogen (secondary N) is 1. The summed E-state index contributed by atoms with van der Waals surface area (Å²) in [5.41, 5.74) is 14.3. The number of hydrogen-bond donors (Lipinski definition) is 2. The number of rotatable bonds is 10. The van der Waals surface area contributed by atoms with Crippen molar-refractivity contribution in [1.82, 2.24) is 15.2 Å². The van der Waals surface area contributed by atoms with Crippen LogP contribution in [0.5, 0.6) is 0 Å². The zero-order chi connectivity index (χ0) is 26.6. The second-order valence-corrected chi connectivity index (χ2v) is 9.97. The van der Waals surface area contributed by atoms with Crippen LogP contribution >= 0.6 is 11.6 Å². The van der Waals surface area contributed by atoms with E-state index in [1.165, 1.54) is 5.56 Å². The summed E-state index contributed by atoms with van der Waals surface area (Å²) in [6.45, 7) is 22.8. The van der Waals surface area contributed by atoms with Gasteiger partial charge in [0.05, 0.1) is 16.4 Å². The molecule has 0 amide bonds. The number of amidine groups is 1. The van der Waals surface area contributed by atoms with Crippen molar-refractivity contribution in [3.63, 3.8) is 0 Å². The Morgan fingerprint density at radius 3 is 2.75 bits per heavy atom. The SMILES string of the molecule is C=CC(=C)N(CCNC)CC(C)c1cc(Cl)c2c(c1N=C(CC)N=C)C(C)Cc1c(C)cc(N)nc1-2. The first-order valence-corrected chi connectivity index (χ1v) is 12.9. The number of halogens is 1. The smallest absolute Gasteiger partial charge is 0.127 e. The van der Waals surface area contributed by atoms with Gasteiger partial charge in [0.15, 0.2) is 0 Å². The van der Waals surface area contributed by atoms with Crippen molar-refractivity contribution in [2.75, 3.05) is 32.4 Å². The zero-order valence-corrected chi connectivity index (χ0v) is 23.0. The summed E-state index contributed by atoms with van der Waals surface area (Å²) >= 11 is 7.05. The largest absolute Gasteiger partial charge is 0.384 e. The summed E-state index contributed by atoms with van der Waals surface area (Å²) in [7, 11) is 1.95. The molecule has 0 spiro atoms. The topological polar surface area (TPSA) is 78.9 Å². The van der Waals surface area contributed by atoms with Gasteiger partial charge in [0.1, 0.15) is 11.7 Å². The Morgan fingerprint density at radius 2 is 2.14 bits per heavy atom. The van der Waals surface area contributed by atoms with Crippen LogP contribution in [0.15, 0.2) is 47.0 Å². The Balaban J connectivity index is 2.26. The number of hydrogen-bond acceptors (Lipinski definition) is 5. The van der Waals surface area contributed by atoms with Crippen molar-refractivity contribution in [3.8, 4) is 11.3 Å². The van der Waals surface area contributed by atoms with E-state index in [4.69, 9.17) is 27.3 Å². The van der Waals surface area contributed by atoms with E-state index in [1.807, 2.05) is 20.0 Å². The number of aryl methyl sites for hydroxylation is 1. The van der Waals surface area contributed by atoms with Crippen LogP contribution in [0.2, 0.25) is 5.02 Å². The van der Waals surface area contributed by atoms with Crippen molar-refractivity contribution in [2.24, 2.45) is 9.98 Å². The second-order valence-electron chi connectivity index (χ2n) is 9.57. The Bertz CT molecular complexity index is 1200. The molecule has 0 radical (unpaired) electrons. The van der Waals surface area contributed by atoms with Gasteiger partial charge in [0.2, 0.25) is 0 Å². The summed E-state index contributed by atoms with van der Waals surface area (Å²) in [6.07, 6.45) is 3.34. The van der Waals surface area contributed by atoms with Gasteiger partial charge in [-0.05, 0) is 73.5 Å². The van der Waals surface area contributed by atoms with E-state index in [0.29, 0.717) is 23.1 Å². The second kappa shape index (κ2) is 11.8. The van der Waals surface area contributed by atoms with Gasteiger partial charge < -0.3 is 16.0 Å². The van der Waals surface area contributed by atoms with E-state index in [0.717, 1.165) is 65.4 Å². The first-order chi connectivity index (χ1) is 17.2. The number of allylic oxidation sites excluding steroid dienone is 1. The first kappa shape index (κ1) is 27.6. The van der Waals surface area contributed by atoms with E-state index in [9.17, 15) is 0 Å². The van der Waals surface area contributed by atoms with Crippen LogP contribution in [0.3, 0.4) is 0 Å². The molecule has 1 aromatic heterocycles. The molecule has 0 bridgehead atoms. The normalized spacial score (nSPS) is 15.6. The standard InChI is InChI=1S/C29H39ClN6/c1-9-20(6)36(12-11-32-7)16-19(5)22-15-23(30)27-26(28(22)35-25(10-2)33-8)18(4)13-21-17(3)14-24(31)34-29(21)27/h9,14-15,18-19,32H,1,6,8,10-13,16H2,2-5,7H3,(H2,31,34). The van der Waals surface area contributed by atoms with Gasteiger partial charge in [0.25, 0.3) is 0 Å². The summed E-state index contributed by atoms with van der Waals surface area (Å²) in [4.78, 5) is 16.2. The van der Waals surface area contributed by atoms with Gasteiger partial charge in [-0.1, -0.05) is 45.5 Å². The fourth-order valence-corrected chi connectivity index (χ4v) is 5.32. The molecule has 0 fully saturated rings. The molecule has 7 heteroatoms. The van der Waals surface area contributed by atoms with Gasteiger partial charge in [-0.2, -0.15) is 0 Å². The molecular weight excluding hydrogens is 468 g/mol. The van der Waals surface area contributed by atoms with Gasteiger partial charge in [-0.25, -0.2) is 15.0 Å². The first-order valence-electron chi connectivity index (χ1n) is 12.5. The number of likely N-dealkylation sites (N-methyl/N-ethyl adjacent to an activating group) is 1. The van der Waals surface area contributed by atoms with Crippen LogP contribution in [-0.2, 0) is 6.42 Å².